The largest absolute Gasteiger partial charge is 0.310 e. The van der Waals surface area contributed by atoms with Gasteiger partial charge in [-0.2, -0.15) is 0 Å². The molecule has 61 heavy (non-hydrogen) atoms. The fraction of sp³-hybridized carbons (Fsp3) is 0.300. The van der Waals surface area contributed by atoms with Crippen LogP contribution in [-0.2, 0) is 10.8 Å². The molecule has 8 atom stereocenters. The Morgan fingerprint density at radius 3 is 1.74 bits per heavy atom. The lowest BCUT2D eigenvalue weighted by molar-refractivity contribution is 0.0618. The Kier molecular flexibility index (Phi) is 7.42. The van der Waals surface area contributed by atoms with E-state index in [9.17, 15) is 0 Å². The van der Waals surface area contributed by atoms with Crippen molar-refractivity contribution >= 4 is 17.1 Å². The molecule has 2 spiro atoms. The number of hydrogen-bond donors (Lipinski definition) is 0. The summed E-state index contributed by atoms with van der Waals surface area (Å²) in [4.78, 5) is 2.67. The van der Waals surface area contributed by atoms with Crippen molar-refractivity contribution in [2.75, 3.05) is 4.90 Å². The molecule has 15 rings (SSSR count). The first-order valence-corrected chi connectivity index (χ1v) is 23.7. The standard InChI is InChI=1S/C60H53N/c1-2-9-41(10-3-1)42-19-21-43(22-20-42)44-23-27-48(28-24-44)61(49-29-30-51-50-11-4-6-13-53(50)59(56(51)36-49)37-39-18-25-45(59)33-39)57-16-8-15-55-58(57)52-12-5-7-14-54(52)60(55)46-26-17-38-31-40(34-46)35-47(60)32-38/h1-16,19-24,27-30,36,38-40,45-47H,17-18,25-26,31-35,37H2. The van der Waals surface area contributed by atoms with Crippen LogP contribution in [-0.4, -0.2) is 0 Å². The van der Waals surface area contributed by atoms with Gasteiger partial charge in [-0.1, -0.05) is 146 Å². The maximum absolute atomic E-state index is 2.67. The molecule has 0 aromatic heterocycles. The summed E-state index contributed by atoms with van der Waals surface area (Å²) in [6, 6.07) is 63.6. The van der Waals surface area contributed by atoms with Crippen LogP contribution in [0, 0.1) is 35.5 Å². The highest BCUT2D eigenvalue weighted by Crippen LogP contribution is 2.70. The lowest BCUT2D eigenvalue weighted by atomic mass is 9.51. The van der Waals surface area contributed by atoms with E-state index in [2.05, 4.69) is 169 Å². The van der Waals surface area contributed by atoms with Crippen molar-refractivity contribution in [1.82, 2.24) is 0 Å². The second kappa shape index (κ2) is 12.9. The summed E-state index contributed by atoms with van der Waals surface area (Å²) in [6.45, 7) is 0. The smallest absolute Gasteiger partial charge is 0.0543 e. The molecular weight excluding hydrogens is 735 g/mol. The topological polar surface area (TPSA) is 3.24 Å². The molecule has 0 heterocycles. The summed E-state index contributed by atoms with van der Waals surface area (Å²) in [5.41, 5.74) is 21.5. The molecule has 0 amide bonds. The van der Waals surface area contributed by atoms with Crippen molar-refractivity contribution in [2.24, 2.45) is 35.5 Å². The second-order valence-electron chi connectivity index (χ2n) is 20.4. The maximum Gasteiger partial charge on any atom is 0.0543 e. The number of nitrogens with zero attached hydrogens (tertiary/aromatic N) is 1. The lowest BCUT2D eigenvalue weighted by Gasteiger charge is -2.53. The number of benzene rings is 7. The molecular formula is C60H53N. The minimum atomic E-state index is 0.113. The van der Waals surface area contributed by atoms with Crippen molar-refractivity contribution in [3.8, 4) is 44.5 Å². The van der Waals surface area contributed by atoms with E-state index in [1.165, 1.54) is 126 Å². The van der Waals surface area contributed by atoms with Crippen LogP contribution >= 0.6 is 0 Å². The average molecular weight is 788 g/mol. The minimum absolute atomic E-state index is 0.113. The van der Waals surface area contributed by atoms with E-state index in [-0.39, 0.29) is 10.8 Å². The van der Waals surface area contributed by atoms with Gasteiger partial charge in [0, 0.05) is 27.8 Å². The van der Waals surface area contributed by atoms with Crippen LogP contribution in [0.5, 0.6) is 0 Å². The van der Waals surface area contributed by atoms with E-state index in [4.69, 9.17) is 0 Å². The first-order chi connectivity index (χ1) is 30.2. The number of rotatable bonds is 5. The Morgan fingerprint density at radius 1 is 0.377 bits per heavy atom. The van der Waals surface area contributed by atoms with Crippen molar-refractivity contribution < 1.29 is 0 Å². The van der Waals surface area contributed by atoms with E-state index in [0.29, 0.717) is 0 Å². The Bertz CT molecular complexity index is 2860. The van der Waals surface area contributed by atoms with Gasteiger partial charge in [0.05, 0.1) is 5.69 Å². The summed E-state index contributed by atoms with van der Waals surface area (Å²) in [6.07, 6.45) is 13.9. The van der Waals surface area contributed by atoms with Crippen molar-refractivity contribution in [3.63, 3.8) is 0 Å². The van der Waals surface area contributed by atoms with Crippen LogP contribution in [0.25, 0.3) is 44.5 Å². The molecule has 0 saturated heterocycles. The van der Waals surface area contributed by atoms with Gasteiger partial charge in [0.15, 0.2) is 0 Å². The maximum atomic E-state index is 2.67. The average Bonchev–Trinajstić information content (AvgIpc) is 4.04. The van der Waals surface area contributed by atoms with E-state index < -0.39 is 0 Å². The number of hydrogen-bond acceptors (Lipinski definition) is 1. The Balaban J connectivity index is 0.956. The Labute approximate surface area is 361 Å². The fourth-order valence-electron chi connectivity index (χ4n) is 15.7. The molecule has 0 radical (unpaired) electrons. The molecule has 6 fully saturated rings. The molecule has 7 aromatic rings. The summed E-state index contributed by atoms with van der Waals surface area (Å²) >= 11 is 0. The van der Waals surface area contributed by atoms with Gasteiger partial charge in [-0.3, -0.25) is 0 Å². The van der Waals surface area contributed by atoms with E-state index >= 15 is 0 Å². The zero-order valence-electron chi connectivity index (χ0n) is 35.1. The molecule has 8 aliphatic rings. The predicted octanol–water partition coefficient (Wildman–Crippen LogP) is 15.7. The molecule has 7 aromatic carbocycles. The minimum Gasteiger partial charge on any atom is -0.310 e. The summed E-state index contributed by atoms with van der Waals surface area (Å²) in [7, 11) is 0. The van der Waals surface area contributed by atoms with Crippen LogP contribution < -0.4 is 4.90 Å². The molecule has 1 heteroatoms. The number of fused-ring (bicyclic) bond motifs is 12. The normalized spacial score (nSPS) is 29.1. The van der Waals surface area contributed by atoms with Crippen molar-refractivity contribution in [2.45, 2.75) is 75.0 Å². The highest BCUT2D eigenvalue weighted by atomic mass is 15.1. The van der Waals surface area contributed by atoms with Gasteiger partial charge in [-0.05, 0) is 178 Å². The number of anilines is 3. The first kappa shape index (κ1) is 35.0. The van der Waals surface area contributed by atoms with Crippen LogP contribution in [0.4, 0.5) is 17.1 Å². The van der Waals surface area contributed by atoms with Gasteiger partial charge >= 0.3 is 0 Å². The Hall–Kier alpha value is -5.66. The van der Waals surface area contributed by atoms with Crippen molar-refractivity contribution in [1.29, 1.82) is 0 Å². The highest BCUT2D eigenvalue weighted by Gasteiger charge is 2.60. The molecule has 8 unspecified atom stereocenters. The van der Waals surface area contributed by atoms with Gasteiger partial charge in [0.1, 0.15) is 0 Å². The summed E-state index contributed by atoms with van der Waals surface area (Å²) < 4.78 is 0. The molecule has 298 valence electrons. The molecule has 0 N–H and O–H groups in total. The molecule has 0 aliphatic heterocycles. The van der Waals surface area contributed by atoms with Crippen LogP contribution in [0.1, 0.15) is 86.5 Å². The zero-order chi connectivity index (χ0) is 39.9. The van der Waals surface area contributed by atoms with Gasteiger partial charge in [0.2, 0.25) is 0 Å². The van der Waals surface area contributed by atoms with Gasteiger partial charge in [-0.15, -0.1) is 0 Å². The molecule has 8 aliphatic carbocycles. The van der Waals surface area contributed by atoms with Crippen LogP contribution in [0.2, 0.25) is 0 Å². The fourth-order valence-corrected chi connectivity index (χ4v) is 15.7. The second-order valence-corrected chi connectivity index (χ2v) is 20.4. The molecule has 6 bridgehead atoms. The van der Waals surface area contributed by atoms with E-state index in [1.807, 2.05) is 0 Å². The third kappa shape index (κ3) is 4.79. The highest BCUT2D eigenvalue weighted by molar-refractivity contribution is 5.96. The monoisotopic (exact) mass is 787 g/mol. The summed E-state index contributed by atoms with van der Waals surface area (Å²) in [5, 5.41) is 0. The van der Waals surface area contributed by atoms with E-state index in [0.717, 1.165) is 35.5 Å². The first-order valence-electron chi connectivity index (χ1n) is 23.7. The zero-order valence-corrected chi connectivity index (χ0v) is 35.1. The van der Waals surface area contributed by atoms with Crippen molar-refractivity contribution in [3.05, 3.63) is 186 Å². The quantitative estimate of drug-likeness (QED) is 0.168. The molecule has 1 nitrogen and oxygen atoms in total. The van der Waals surface area contributed by atoms with Crippen LogP contribution in [0.15, 0.2) is 164 Å². The third-order valence-corrected chi connectivity index (χ3v) is 17.8. The third-order valence-electron chi connectivity index (χ3n) is 17.8. The molecule has 6 saturated carbocycles. The predicted molar refractivity (Wildman–Crippen MR) is 252 cm³/mol. The lowest BCUT2D eigenvalue weighted by Crippen LogP contribution is -2.48. The van der Waals surface area contributed by atoms with E-state index in [1.54, 1.807) is 22.3 Å². The van der Waals surface area contributed by atoms with Crippen LogP contribution in [0.3, 0.4) is 0 Å². The van der Waals surface area contributed by atoms with Gasteiger partial charge in [-0.25, -0.2) is 0 Å². The van der Waals surface area contributed by atoms with Gasteiger partial charge in [0.25, 0.3) is 0 Å². The van der Waals surface area contributed by atoms with Gasteiger partial charge < -0.3 is 4.90 Å². The Morgan fingerprint density at radius 2 is 0.967 bits per heavy atom. The SMILES string of the molecule is c1ccc(-c2ccc(-c3ccc(N(c4ccc5c(c4)C4(CC6CCC4C6)c4ccccc4-5)c4cccc5c4-c4ccccc4C54C5CCC6CC(C5)CC4C6)cc3)cc2)cc1. The summed E-state index contributed by atoms with van der Waals surface area (Å²) in [5.74, 6) is 4.84.